The SMILES string of the molecule is O=[N+]([O-])c1cc(S(=O)(=O)NOC2CCCC2)ccc1O. The van der Waals surface area contributed by atoms with Crippen molar-refractivity contribution in [2.24, 2.45) is 0 Å². The van der Waals surface area contributed by atoms with Gasteiger partial charge in [-0.15, -0.1) is 0 Å². The molecule has 1 aromatic rings. The number of rotatable bonds is 5. The van der Waals surface area contributed by atoms with E-state index in [9.17, 15) is 23.6 Å². The van der Waals surface area contributed by atoms with Crippen molar-refractivity contribution < 1.29 is 23.3 Å². The van der Waals surface area contributed by atoms with Crippen LogP contribution in [0.1, 0.15) is 25.7 Å². The van der Waals surface area contributed by atoms with Gasteiger partial charge >= 0.3 is 5.69 Å². The van der Waals surface area contributed by atoms with Gasteiger partial charge in [0.1, 0.15) is 0 Å². The largest absolute Gasteiger partial charge is 0.502 e. The number of hydrogen-bond donors (Lipinski definition) is 2. The lowest BCUT2D eigenvalue weighted by molar-refractivity contribution is -0.386. The third kappa shape index (κ3) is 3.24. The van der Waals surface area contributed by atoms with Gasteiger partial charge in [-0.2, -0.15) is 0 Å². The van der Waals surface area contributed by atoms with Crippen LogP contribution < -0.4 is 4.89 Å². The molecule has 1 saturated carbocycles. The van der Waals surface area contributed by atoms with E-state index in [1.807, 2.05) is 4.89 Å². The first-order valence-electron chi connectivity index (χ1n) is 6.05. The smallest absolute Gasteiger partial charge is 0.312 e. The molecule has 1 aliphatic carbocycles. The maximum absolute atomic E-state index is 11.9. The molecule has 0 amide bonds. The number of benzene rings is 1. The summed E-state index contributed by atoms with van der Waals surface area (Å²) in [6.45, 7) is 0. The molecule has 0 radical (unpaired) electrons. The molecule has 0 spiro atoms. The quantitative estimate of drug-likeness (QED) is 0.627. The second-order valence-corrected chi connectivity index (χ2v) is 6.16. The highest BCUT2D eigenvalue weighted by Gasteiger charge is 2.23. The Hall–Kier alpha value is -1.71. The molecule has 0 heterocycles. The molecular weight excluding hydrogens is 288 g/mol. The van der Waals surface area contributed by atoms with Crippen LogP contribution >= 0.6 is 0 Å². The van der Waals surface area contributed by atoms with E-state index in [4.69, 9.17) is 4.84 Å². The number of nitrogens with zero attached hydrogens (tertiary/aromatic N) is 1. The zero-order chi connectivity index (χ0) is 14.8. The molecule has 0 aromatic heterocycles. The number of nitro benzene ring substituents is 1. The lowest BCUT2D eigenvalue weighted by Gasteiger charge is -2.12. The van der Waals surface area contributed by atoms with Gasteiger partial charge in [0, 0.05) is 6.07 Å². The van der Waals surface area contributed by atoms with E-state index in [1.54, 1.807) is 0 Å². The third-order valence-corrected chi connectivity index (χ3v) is 4.27. The van der Waals surface area contributed by atoms with Gasteiger partial charge in [0.2, 0.25) is 0 Å². The molecule has 1 aromatic carbocycles. The van der Waals surface area contributed by atoms with Crippen LogP contribution in [0.4, 0.5) is 5.69 Å². The van der Waals surface area contributed by atoms with Crippen LogP contribution in [0.2, 0.25) is 0 Å². The van der Waals surface area contributed by atoms with Crippen LogP contribution in [0.5, 0.6) is 5.75 Å². The van der Waals surface area contributed by atoms with Crippen LogP contribution in [0.15, 0.2) is 23.1 Å². The summed E-state index contributed by atoms with van der Waals surface area (Å²) >= 11 is 0. The summed E-state index contributed by atoms with van der Waals surface area (Å²) in [6.07, 6.45) is 3.35. The van der Waals surface area contributed by atoms with E-state index in [0.717, 1.165) is 43.9 Å². The molecule has 1 aliphatic rings. The van der Waals surface area contributed by atoms with Crippen LogP contribution in [-0.4, -0.2) is 24.6 Å². The summed E-state index contributed by atoms with van der Waals surface area (Å²) in [6, 6.07) is 2.82. The average Bonchev–Trinajstić information content (AvgIpc) is 2.89. The molecule has 0 unspecified atom stereocenters. The van der Waals surface area contributed by atoms with E-state index >= 15 is 0 Å². The van der Waals surface area contributed by atoms with E-state index in [1.165, 1.54) is 0 Å². The van der Waals surface area contributed by atoms with Crippen molar-refractivity contribution >= 4 is 15.7 Å². The lowest BCUT2D eigenvalue weighted by Crippen LogP contribution is -2.28. The Bertz CT molecular complexity index is 609. The Balaban J connectivity index is 2.16. The molecule has 2 N–H and O–H groups in total. The maximum Gasteiger partial charge on any atom is 0.312 e. The first-order chi connectivity index (χ1) is 9.40. The molecule has 2 rings (SSSR count). The van der Waals surface area contributed by atoms with Crippen molar-refractivity contribution in [3.05, 3.63) is 28.3 Å². The fraction of sp³-hybridized carbons (Fsp3) is 0.455. The van der Waals surface area contributed by atoms with E-state index in [-0.39, 0.29) is 11.0 Å². The molecule has 110 valence electrons. The molecule has 0 bridgehead atoms. The van der Waals surface area contributed by atoms with Gasteiger partial charge in [0.05, 0.1) is 15.9 Å². The van der Waals surface area contributed by atoms with Gasteiger partial charge in [0.25, 0.3) is 10.0 Å². The second kappa shape index (κ2) is 5.73. The first-order valence-corrected chi connectivity index (χ1v) is 7.53. The number of nitrogens with one attached hydrogen (secondary N) is 1. The lowest BCUT2D eigenvalue weighted by atomic mass is 10.3. The predicted molar refractivity (Wildman–Crippen MR) is 68.4 cm³/mol. The fourth-order valence-corrected chi connectivity index (χ4v) is 2.88. The predicted octanol–water partition coefficient (Wildman–Crippen LogP) is 1.45. The monoisotopic (exact) mass is 302 g/mol. The highest BCUT2D eigenvalue weighted by molar-refractivity contribution is 7.89. The molecule has 0 aliphatic heterocycles. The summed E-state index contributed by atoms with van der Waals surface area (Å²) in [5.41, 5.74) is -0.672. The topological polar surface area (TPSA) is 119 Å². The summed E-state index contributed by atoms with van der Waals surface area (Å²) in [7, 11) is -4.01. The molecule has 1 fully saturated rings. The standard InChI is InChI=1S/C11H14N2O6S/c14-11-6-5-9(7-10(11)13(15)16)20(17,18)12-19-8-3-1-2-4-8/h5-8,12,14H,1-4H2. The Kier molecular flexibility index (Phi) is 4.21. The number of hydrogen-bond acceptors (Lipinski definition) is 6. The Labute approximate surface area is 115 Å². The molecule has 0 saturated heterocycles. The number of phenols is 1. The first kappa shape index (κ1) is 14.7. The van der Waals surface area contributed by atoms with Crippen LogP contribution in [-0.2, 0) is 14.9 Å². The zero-order valence-electron chi connectivity index (χ0n) is 10.5. The van der Waals surface area contributed by atoms with Crippen molar-refractivity contribution in [2.75, 3.05) is 0 Å². The number of sulfonamides is 1. The van der Waals surface area contributed by atoms with Crippen molar-refractivity contribution in [3.8, 4) is 5.75 Å². The van der Waals surface area contributed by atoms with Gasteiger partial charge in [0.15, 0.2) is 5.75 Å². The normalized spacial score (nSPS) is 16.4. The highest BCUT2D eigenvalue weighted by Crippen LogP contribution is 2.28. The Morgan fingerprint density at radius 1 is 1.35 bits per heavy atom. The molecule has 20 heavy (non-hydrogen) atoms. The van der Waals surface area contributed by atoms with Gasteiger partial charge in [-0.3, -0.25) is 15.0 Å². The minimum absolute atomic E-state index is 0.170. The fourth-order valence-electron chi connectivity index (χ4n) is 2.00. The molecule has 8 nitrogen and oxygen atoms in total. The molecule has 0 atom stereocenters. The maximum atomic E-state index is 11.9. The number of aromatic hydroxyl groups is 1. The van der Waals surface area contributed by atoms with E-state index in [0.29, 0.717) is 0 Å². The minimum Gasteiger partial charge on any atom is -0.502 e. The summed E-state index contributed by atoms with van der Waals surface area (Å²) in [4.78, 5) is 16.5. The van der Waals surface area contributed by atoms with E-state index < -0.39 is 26.4 Å². The zero-order valence-corrected chi connectivity index (χ0v) is 11.3. The number of phenolic OH excluding ortho intramolecular Hbond substituents is 1. The van der Waals surface area contributed by atoms with Gasteiger partial charge < -0.3 is 5.11 Å². The highest BCUT2D eigenvalue weighted by atomic mass is 32.2. The van der Waals surface area contributed by atoms with Gasteiger partial charge in [-0.05, 0) is 25.0 Å². The summed E-state index contributed by atoms with van der Waals surface area (Å²) in [5, 5.41) is 20.0. The summed E-state index contributed by atoms with van der Waals surface area (Å²) in [5.74, 6) is -0.592. The van der Waals surface area contributed by atoms with E-state index in [2.05, 4.69) is 0 Å². The molecular formula is C11H14N2O6S. The van der Waals surface area contributed by atoms with Crippen molar-refractivity contribution in [2.45, 2.75) is 36.7 Å². The third-order valence-electron chi connectivity index (χ3n) is 3.08. The Morgan fingerprint density at radius 3 is 2.60 bits per heavy atom. The van der Waals surface area contributed by atoms with Crippen molar-refractivity contribution in [1.29, 1.82) is 0 Å². The van der Waals surface area contributed by atoms with Crippen LogP contribution in [0.25, 0.3) is 0 Å². The van der Waals surface area contributed by atoms with Crippen molar-refractivity contribution in [3.63, 3.8) is 0 Å². The van der Waals surface area contributed by atoms with Gasteiger partial charge in [-0.25, -0.2) is 8.42 Å². The Morgan fingerprint density at radius 2 is 2.00 bits per heavy atom. The van der Waals surface area contributed by atoms with Crippen LogP contribution in [0.3, 0.4) is 0 Å². The average molecular weight is 302 g/mol. The molecule has 9 heteroatoms. The summed E-state index contributed by atoms with van der Waals surface area (Å²) < 4.78 is 23.9. The number of nitro groups is 1. The van der Waals surface area contributed by atoms with Gasteiger partial charge in [-0.1, -0.05) is 17.7 Å². The van der Waals surface area contributed by atoms with Crippen LogP contribution in [0, 0.1) is 10.1 Å². The minimum atomic E-state index is -4.01. The second-order valence-electron chi connectivity index (χ2n) is 4.52. The van der Waals surface area contributed by atoms with Crippen molar-refractivity contribution in [1.82, 2.24) is 4.89 Å².